The number of carbonyl (C=O) groups is 1. The minimum absolute atomic E-state index is 0.0000617. The summed E-state index contributed by atoms with van der Waals surface area (Å²) in [5.74, 6) is 0.500. The lowest BCUT2D eigenvalue weighted by molar-refractivity contribution is -0.138. The summed E-state index contributed by atoms with van der Waals surface area (Å²) in [6.07, 6.45) is 3.68. The van der Waals surface area contributed by atoms with Gasteiger partial charge in [-0.05, 0) is 36.5 Å². The van der Waals surface area contributed by atoms with E-state index in [1.54, 1.807) is 24.1 Å². The number of amides is 1. The van der Waals surface area contributed by atoms with Crippen LogP contribution in [0.25, 0.3) is 0 Å². The lowest BCUT2D eigenvalue weighted by Gasteiger charge is -2.38. The summed E-state index contributed by atoms with van der Waals surface area (Å²) < 4.78 is 0. The Morgan fingerprint density at radius 1 is 1.48 bits per heavy atom. The molecule has 2 N–H and O–H groups in total. The number of likely N-dealkylation sites (N-methyl/N-ethyl adjacent to an activating group) is 1. The Balaban J connectivity index is 2.08. The van der Waals surface area contributed by atoms with Crippen LogP contribution >= 0.6 is 23.2 Å². The van der Waals surface area contributed by atoms with Crippen LogP contribution in [0.5, 0.6) is 0 Å². The first-order chi connectivity index (χ1) is 9.82. The fraction of sp³-hybridized carbons (Fsp3) is 0.562. The molecule has 0 heterocycles. The molecule has 116 valence electrons. The van der Waals surface area contributed by atoms with Gasteiger partial charge in [0.1, 0.15) is 0 Å². The molecular weight excluding hydrogens is 307 g/mol. The summed E-state index contributed by atoms with van der Waals surface area (Å²) in [5, 5.41) is 1.17. The fourth-order valence-corrected chi connectivity index (χ4v) is 3.61. The van der Waals surface area contributed by atoms with E-state index in [1.807, 2.05) is 6.07 Å². The minimum Gasteiger partial charge on any atom is -0.340 e. The zero-order valence-corrected chi connectivity index (χ0v) is 14.0. The molecule has 2 atom stereocenters. The van der Waals surface area contributed by atoms with Crippen LogP contribution < -0.4 is 5.73 Å². The SMILES string of the molecule is CC1CCCC(N)(C(=O)N(C)Cc2ccc(Cl)cc2Cl)C1. The Hall–Kier alpha value is -0.770. The molecule has 1 fully saturated rings. The van der Waals surface area contributed by atoms with Crippen LogP contribution in [0.15, 0.2) is 18.2 Å². The number of carbonyl (C=O) groups excluding carboxylic acids is 1. The molecule has 0 aliphatic heterocycles. The molecule has 1 amide bonds. The van der Waals surface area contributed by atoms with Crippen molar-refractivity contribution in [2.24, 2.45) is 11.7 Å². The van der Waals surface area contributed by atoms with E-state index < -0.39 is 5.54 Å². The third-order valence-corrected chi connectivity index (χ3v) is 4.81. The number of nitrogens with two attached hydrogens (primary N) is 1. The summed E-state index contributed by atoms with van der Waals surface area (Å²) in [4.78, 5) is 14.4. The Labute approximate surface area is 136 Å². The van der Waals surface area contributed by atoms with Gasteiger partial charge in [-0.2, -0.15) is 0 Å². The van der Waals surface area contributed by atoms with E-state index in [1.165, 1.54) is 0 Å². The Bertz CT molecular complexity index is 535. The van der Waals surface area contributed by atoms with E-state index in [-0.39, 0.29) is 5.91 Å². The zero-order valence-electron chi connectivity index (χ0n) is 12.5. The first kappa shape index (κ1) is 16.6. The second-order valence-electron chi connectivity index (χ2n) is 6.25. The summed E-state index contributed by atoms with van der Waals surface area (Å²) in [5.41, 5.74) is 6.51. The molecule has 1 aromatic rings. The number of halogens is 2. The van der Waals surface area contributed by atoms with Crippen LogP contribution in [0.3, 0.4) is 0 Å². The lowest BCUT2D eigenvalue weighted by atomic mass is 9.76. The van der Waals surface area contributed by atoms with Crippen molar-refractivity contribution in [2.45, 2.75) is 44.7 Å². The highest BCUT2D eigenvalue weighted by Crippen LogP contribution is 2.32. The fourth-order valence-electron chi connectivity index (χ4n) is 3.14. The molecular formula is C16H22Cl2N2O. The van der Waals surface area contributed by atoms with E-state index in [0.717, 1.165) is 31.2 Å². The number of rotatable bonds is 3. The Morgan fingerprint density at radius 3 is 2.81 bits per heavy atom. The van der Waals surface area contributed by atoms with Gasteiger partial charge in [0.15, 0.2) is 0 Å². The summed E-state index contributed by atoms with van der Waals surface area (Å²) in [6, 6.07) is 5.32. The highest BCUT2D eigenvalue weighted by molar-refractivity contribution is 6.35. The molecule has 0 spiro atoms. The maximum atomic E-state index is 12.7. The lowest BCUT2D eigenvalue weighted by Crippen LogP contribution is -2.56. The average Bonchev–Trinajstić information content (AvgIpc) is 2.40. The molecule has 0 aromatic heterocycles. The standard InChI is InChI=1S/C16H22Cl2N2O/c1-11-4-3-7-16(19,9-11)15(21)20(2)10-12-5-6-13(17)8-14(12)18/h5-6,8,11H,3-4,7,9-10,19H2,1-2H3. The van der Waals surface area contributed by atoms with Crippen LogP contribution in [-0.2, 0) is 11.3 Å². The molecule has 2 unspecified atom stereocenters. The van der Waals surface area contributed by atoms with Crippen molar-refractivity contribution < 1.29 is 4.79 Å². The van der Waals surface area contributed by atoms with E-state index in [9.17, 15) is 4.79 Å². The van der Waals surface area contributed by atoms with Crippen molar-refractivity contribution in [1.82, 2.24) is 4.90 Å². The largest absolute Gasteiger partial charge is 0.340 e. The van der Waals surface area contributed by atoms with E-state index >= 15 is 0 Å². The Morgan fingerprint density at radius 2 is 2.19 bits per heavy atom. The predicted octanol–water partition coefficient (Wildman–Crippen LogP) is 3.86. The normalized spacial score (nSPS) is 25.7. The second kappa shape index (κ2) is 6.55. The van der Waals surface area contributed by atoms with E-state index in [0.29, 0.717) is 22.5 Å². The third kappa shape index (κ3) is 3.91. The van der Waals surface area contributed by atoms with Gasteiger partial charge in [-0.15, -0.1) is 0 Å². The van der Waals surface area contributed by atoms with Crippen LogP contribution in [0.1, 0.15) is 38.2 Å². The number of nitrogens with zero attached hydrogens (tertiary/aromatic N) is 1. The molecule has 3 nitrogen and oxygen atoms in total. The summed E-state index contributed by atoms with van der Waals surface area (Å²) >= 11 is 12.1. The van der Waals surface area contributed by atoms with Crippen molar-refractivity contribution in [3.63, 3.8) is 0 Å². The quantitative estimate of drug-likeness (QED) is 0.915. The van der Waals surface area contributed by atoms with E-state index in [2.05, 4.69) is 6.92 Å². The summed E-state index contributed by atoms with van der Waals surface area (Å²) in [7, 11) is 1.78. The van der Waals surface area contributed by atoms with Crippen LogP contribution in [-0.4, -0.2) is 23.4 Å². The van der Waals surface area contributed by atoms with Crippen molar-refractivity contribution in [3.05, 3.63) is 33.8 Å². The first-order valence-electron chi connectivity index (χ1n) is 7.30. The van der Waals surface area contributed by atoms with Gasteiger partial charge >= 0.3 is 0 Å². The highest BCUT2D eigenvalue weighted by Gasteiger charge is 2.39. The van der Waals surface area contributed by atoms with Gasteiger partial charge in [-0.3, -0.25) is 4.79 Å². The van der Waals surface area contributed by atoms with Crippen LogP contribution in [0.4, 0.5) is 0 Å². The van der Waals surface area contributed by atoms with Gasteiger partial charge in [0, 0.05) is 23.6 Å². The maximum Gasteiger partial charge on any atom is 0.242 e. The molecule has 1 aromatic carbocycles. The molecule has 2 rings (SSSR count). The second-order valence-corrected chi connectivity index (χ2v) is 7.10. The smallest absolute Gasteiger partial charge is 0.242 e. The van der Waals surface area contributed by atoms with Crippen molar-refractivity contribution in [2.75, 3.05) is 7.05 Å². The minimum atomic E-state index is -0.731. The number of hydrogen-bond acceptors (Lipinski definition) is 2. The van der Waals surface area contributed by atoms with Gasteiger partial charge in [-0.1, -0.05) is 49.0 Å². The highest BCUT2D eigenvalue weighted by atomic mass is 35.5. The molecule has 0 bridgehead atoms. The third-order valence-electron chi connectivity index (χ3n) is 4.23. The number of benzene rings is 1. The topological polar surface area (TPSA) is 46.3 Å². The molecule has 1 aliphatic carbocycles. The Kier molecular flexibility index (Phi) is 5.18. The zero-order chi connectivity index (χ0) is 15.6. The van der Waals surface area contributed by atoms with Gasteiger partial charge < -0.3 is 10.6 Å². The number of hydrogen-bond donors (Lipinski definition) is 1. The summed E-state index contributed by atoms with van der Waals surface area (Å²) in [6.45, 7) is 2.60. The van der Waals surface area contributed by atoms with Crippen molar-refractivity contribution >= 4 is 29.1 Å². The van der Waals surface area contributed by atoms with Crippen LogP contribution in [0.2, 0.25) is 10.0 Å². The molecule has 0 saturated heterocycles. The van der Waals surface area contributed by atoms with Gasteiger partial charge in [-0.25, -0.2) is 0 Å². The first-order valence-corrected chi connectivity index (χ1v) is 8.06. The average molecular weight is 329 g/mol. The molecule has 0 radical (unpaired) electrons. The molecule has 1 aliphatic rings. The van der Waals surface area contributed by atoms with Crippen molar-refractivity contribution in [1.29, 1.82) is 0 Å². The van der Waals surface area contributed by atoms with Gasteiger partial charge in [0.2, 0.25) is 5.91 Å². The molecule has 5 heteroatoms. The predicted molar refractivity (Wildman–Crippen MR) is 87.5 cm³/mol. The monoisotopic (exact) mass is 328 g/mol. The van der Waals surface area contributed by atoms with Crippen LogP contribution in [0, 0.1) is 5.92 Å². The van der Waals surface area contributed by atoms with Gasteiger partial charge in [0.25, 0.3) is 0 Å². The van der Waals surface area contributed by atoms with Gasteiger partial charge in [0.05, 0.1) is 5.54 Å². The molecule has 21 heavy (non-hydrogen) atoms. The van der Waals surface area contributed by atoms with Crippen molar-refractivity contribution in [3.8, 4) is 0 Å². The molecule has 1 saturated carbocycles. The van der Waals surface area contributed by atoms with E-state index in [4.69, 9.17) is 28.9 Å². The maximum absolute atomic E-state index is 12.7.